The van der Waals surface area contributed by atoms with Crippen LogP contribution in [-0.2, 0) is 4.43 Å². The van der Waals surface area contributed by atoms with E-state index >= 15 is 0 Å². The third-order valence-electron chi connectivity index (χ3n) is 4.65. The maximum Gasteiger partial charge on any atom is 0.192 e. The molecule has 0 radical (unpaired) electrons. The van der Waals surface area contributed by atoms with Crippen molar-refractivity contribution in [3.05, 3.63) is 0 Å². The van der Waals surface area contributed by atoms with Crippen LogP contribution in [-0.4, -0.2) is 25.6 Å². The van der Waals surface area contributed by atoms with Crippen molar-refractivity contribution in [3.8, 4) is 10.8 Å². The van der Waals surface area contributed by atoms with Crippen molar-refractivity contribution >= 4 is 24.2 Å². The van der Waals surface area contributed by atoms with Gasteiger partial charge in [-0.25, -0.2) is 0 Å². The van der Waals surface area contributed by atoms with Crippen LogP contribution in [0.1, 0.15) is 72.6 Å². The van der Waals surface area contributed by atoms with E-state index in [4.69, 9.17) is 4.43 Å². The van der Waals surface area contributed by atoms with Crippen molar-refractivity contribution in [1.82, 2.24) is 0 Å². The van der Waals surface area contributed by atoms with Gasteiger partial charge in [0.1, 0.15) is 0 Å². The van der Waals surface area contributed by atoms with E-state index in [0.29, 0.717) is 6.42 Å². The van der Waals surface area contributed by atoms with E-state index in [1.807, 2.05) is 0 Å². The first-order chi connectivity index (χ1) is 10.2. The molecule has 0 aromatic rings. The van der Waals surface area contributed by atoms with Gasteiger partial charge in [-0.15, -0.1) is 0 Å². The fourth-order valence-electron chi connectivity index (χ4n) is 2.11. The zero-order valence-electron chi connectivity index (χ0n) is 15.3. The van der Waals surface area contributed by atoms with E-state index in [2.05, 4.69) is 67.5 Å². The summed E-state index contributed by atoms with van der Waals surface area (Å²) < 4.78 is 6.47. The van der Waals surface area contributed by atoms with E-state index in [9.17, 15) is 5.11 Å². The Morgan fingerprint density at radius 3 is 2.23 bits per heavy atom. The van der Waals surface area contributed by atoms with Crippen LogP contribution >= 0.6 is 15.9 Å². The zero-order valence-corrected chi connectivity index (χ0v) is 17.9. The lowest BCUT2D eigenvalue weighted by Crippen LogP contribution is -2.47. The summed E-state index contributed by atoms with van der Waals surface area (Å²) >= 11 is 3.10. The molecule has 0 saturated heterocycles. The highest BCUT2D eigenvalue weighted by atomic mass is 79.9. The van der Waals surface area contributed by atoms with Gasteiger partial charge in [-0.05, 0) is 29.4 Å². The van der Waals surface area contributed by atoms with E-state index in [1.165, 1.54) is 25.7 Å². The first-order valence-corrected chi connectivity index (χ1v) is 12.3. The van der Waals surface area contributed by atoms with Gasteiger partial charge >= 0.3 is 0 Å². The summed E-state index contributed by atoms with van der Waals surface area (Å²) in [4.78, 5) is 2.69. The SMILES string of the molecule is CCCCCCC[C@H](O[Si](C)(C)C(C)(C)C)[C@@H](O)CC#CBr. The van der Waals surface area contributed by atoms with Crippen LogP contribution in [0.2, 0.25) is 18.1 Å². The summed E-state index contributed by atoms with van der Waals surface area (Å²) in [5, 5.41) is 10.6. The summed E-state index contributed by atoms with van der Waals surface area (Å²) in [6.45, 7) is 13.4. The lowest BCUT2D eigenvalue weighted by molar-refractivity contribution is 0.0243. The Hall–Kier alpha value is 0.177. The summed E-state index contributed by atoms with van der Waals surface area (Å²) in [6, 6.07) is 0. The van der Waals surface area contributed by atoms with Crippen LogP contribution in [0.25, 0.3) is 0 Å². The molecule has 130 valence electrons. The molecule has 0 rings (SSSR count). The highest BCUT2D eigenvalue weighted by Gasteiger charge is 2.40. The van der Waals surface area contributed by atoms with E-state index in [0.717, 1.165) is 12.8 Å². The monoisotopic (exact) mass is 390 g/mol. The maximum absolute atomic E-state index is 10.4. The number of aliphatic hydroxyl groups is 1. The Kier molecular flexibility index (Phi) is 10.9. The molecule has 0 unspecified atom stereocenters. The largest absolute Gasteiger partial charge is 0.411 e. The molecule has 0 aromatic carbocycles. The lowest BCUT2D eigenvalue weighted by atomic mass is 10.0. The van der Waals surface area contributed by atoms with Crippen molar-refractivity contribution < 1.29 is 9.53 Å². The van der Waals surface area contributed by atoms with Crippen LogP contribution < -0.4 is 0 Å². The molecule has 22 heavy (non-hydrogen) atoms. The van der Waals surface area contributed by atoms with Gasteiger partial charge in [-0.1, -0.05) is 65.7 Å². The predicted octanol–water partition coefficient (Wildman–Crippen LogP) is 5.84. The van der Waals surface area contributed by atoms with E-state index in [1.54, 1.807) is 0 Å². The van der Waals surface area contributed by atoms with Gasteiger partial charge in [-0.3, -0.25) is 0 Å². The average molecular weight is 391 g/mol. The van der Waals surface area contributed by atoms with Crippen molar-refractivity contribution in [2.45, 2.75) is 103 Å². The minimum absolute atomic E-state index is 0.0872. The van der Waals surface area contributed by atoms with Gasteiger partial charge < -0.3 is 9.53 Å². The first-order valence-electron chi connectivity index (χ1n) is 8.60. The Morgan fingerprint density at radius 1 is 1.14 bits per heavy atom. The van der Waals surface area contributed by atoms with E-state index in [-0.39, 0.29) is 11.1 Å². The number of rotatable bonds is 10. The summed E-state index contributed by atoms with van der Waals surface area (Å²) in [6.07, 6.45) is 7.00. The first kappa shape index (κ1) is 22.2. The van der Waals surface area contributed by atoms with E-state index < -0.39 is 14.4 Å². The molecule has 2 atom stereocenters. The van der Waals surface area contributed by atoms with Crippen molar-refractivity contribution in [1.29, 1.82) is 0 Å². The highest BCUT2D eigenvalue weighted by Crippen LogP contribution is 2.38. The molecule has 2 nitrogen and oxygen atoms in total. The quantitative estimate of drug-likeness (QED) is 0.288. The summed E-state index contributed by atoms with van der Waals surface area (Å²) in [7, 11) is -1.87. The second kappa shape index (κ2) is 10.9. The molecule has 0 amide bonds. The number of halogens is 1. The molecule has 0 fully saturated rings. The van der Waals surface area contributed by atoms with Gasteiger partial charge in [0.05, 0.1) is 12.2 Å². The molecule has 1 N–H and O–H groups in total. The zero-order chi connectivity index (χ0) is 17.2. The third kappa shape index (κ3) is 8.72. The van der Waals surface area contributed by atoms with Crippen LogP contribution in [0.5, 0.6) is 0 Å². The Balaban J connectivity index is 4.67. The molecular weight excluding hydrogens is 356 g/mol. The molecule has 0 aliphatic rings. The molecular formula is C18H35BrO2Si. The molecule has 0 heterocycles. The van der Waals surface area contributed by atoms with Crippen LogP contribution in [0, 0.1) is 10.8 Å². The van der Waals surface area contributed by atoms with Gasteiger partial charge in [0.15, 0.2) is 8.32 Å². The minimum Gasteiger partial charge on any atom is -0.411 e. The fraction of sp³-hybridized carbons (Fsp3) is 0.889. The normalized spacial score (nSPS) is 15.1. The number of hydrogen-bond donors (Lipinski definition) is 1. The minimum atomic E-state index is -1.87. The maximum atomic E-state index is 10.4. The Labute approximate surface area is 147 Å². The van der Waals surface area contributed by atoms with Gasteiger partial charge in [-0.2, -0.15) is 0 Å². The van der Waals surface area contributed by atoms with Crippen LogP contribution in [0.15, 0.2) is 0 Å². The molecule has 0 bridgehead atoms. The second-order valence-electron chi connectivity index (χ2n) is 7.66. The number of hydrogen-bond acceptors (Lipinski definition) is 2. The van der Waals surface area contributed by atoms with Crippen LogP contribution in [0.3, 0.4) is 0 Å². The number of aliphatic hydroxyl groups excluding tert-OH is 1. The highest BCUT2D eigenvalue weighted by molar-refractivity contribution is 9.12. The second-order valence-corrected chi connectivity index (χ2v) is 12.8. The smallest absolute Gasteiger partial charge is 0.192 e. The summed E-state index contributed by atoms with van der Waals surface area (Å²) in [5.74, 6) is 2.92. The van der Waals surface area contributed by atoms with Crippen molar-refractivity contribution in [3.63, 3.8) is 0 Å². The number of unbranched alkanes of at least 4 members (excludes halogenated alkanes) is 4. The standard InChI is InChI=1S/C18H35BrO2Si/c1-7-8-9-10-11-14-17(16(20)13-12-15-19)21-22(5,6)18(2,3)4/h16-17,20H,7-11,13-14H2,1-6H3/t16-,17-/m0/s1. The van der Waals surface area contributed by atoms with Crippen molar-refractivity contribution in [2.24, 2.45) is 0 Å². The fourth-order valence-corrected chi connectivity index (χ4v) is 3.66. The van der Waals surface area contributed by atoms with Gasteiger partial charge in [0.25, 0.3) is 0 Å². The molecule has 0 aliphatic heterocycles. The lowest BCUT2D eigenvalue weighted by Gasteiger charge is -2.40. The molecule has 0 aromatic heterocycles. The predicted molar refractivity (Wildman–Crippen MR) is 103 cm³/mol. The molecule has 4 heteroatoms. The van der Waals surface area contributed by atoms with Crippen LogP contribution in [0.4, 0.5) is 0 Å². The molecule has 0 aliphatic carbocycles. The average Bonchev–Trinajstić information content (AvgIpc) is 2.41. The third-order valence-corrected chi connectivity index (χ3v) is 9.44. The topological polar surface area (TPSA) is 29.5 Å². The van der Waals surface area contributed by atoms with Gasteiger partial charge in [0, 0.05) is 22.4 Å². The molecule has 0 saturated carbocycles. The van der Waals surface area contributed by atoms with Crippen molar-refractivity contribution in [2.75, 3.05) is 0 Å². The summed E-state index contributed by atoms with van der Waals surface area (Å²) in [5.41, 5.74) is 0. The molecule has 0 spiro atoms. The Morgan fingerprint density at radius 2 is 1.73 bits per heavy atom. The van der Waals surface area contributed by atoms with Gasteiger partial charge in [0.2, 0.25) is 0 Å². The Bertz CT molecular complexity index is 352.